The van der Waals surface area contributed by atoms with E-state index in [9.17, 15) is 19.7 Å². The molecule has 0 bridgehead atoms. The van der Waals surface area contributed by atoms with Crippen LogP contribution >= 0.6 is 11.6 Å². The van der Waals surface area contributed by atoms with Crippen molar-refractivity contribution in [3.63, 3.8) is 0 Å². The molecule has 8 nitrogen and oxygen atoms in total. The van der Waals surface area contributed by atoms with E-state index in [0.717, 1.165) is 0 Å². The highest BCUT2D eigenvalue weighted by atomic mass is 35.5. The first kappa shape index (κ1) is 20.2. The normalized spacial score (nSPS) is 11.4. The zero-order valence-electron chi connectivity index (χ0n) is 14.6. The van der Waals surface area contributed by atoms with Gasteiger partial charge in [0.15, 0.2) is 5.75 Å². The molecule has 1 amide bonds. The number of nitrogens with one attached hydrogen (secondary N) is 1. The van der Waals surface area contributed by atoms with Gasteiger partial charge in [0.05, 0.1) is 29.7 Å². The topological polar surface area (TPSA) is 108 Å². The molecule has 2 aromatic carbocycles. The Bertz CT molecular complexity index is 871. The predicted octanol–water partition coefficient (Wildman–Crippen LogP) is 2.77. The van der Waals surface area contributed by atoms with E-state index in [1.54, 1.807) is 24.3 Å². The second kappa shape index (κ2) is 9.00. The number of esters is 1. The number of amides is 1. The summed E-state index contributed by atoms with van der Waals surface area (Å²) in [6.07, 6.45) is -0.00625. The van der Waals surface area contributed by atoms with Gasteiger partial charge in [-0.1, -0.05) is 29.8 Å². The quantitative estimate of drug-likeness (QED) is 0.441. The largest absolute Gasteiger partial charge is 0.490 e. The van der Waals surface area contributed by atoms with Crippen LogP contribution in [0.2, 0.25) is 5.02 Å². The Labute approximate surface area is 160 Å². The lowest BCUT2D eigenvalue weighted by Gasteiger charge is -2.17. The molecule has 9 heteroatoms. The van der Waals surface area contributed by atoms with Crippen LogP contribution in [0.25, 0.3) is 0 Å². The summed E-state index contributed by atoms with van der Waals surface area (Å²) in [5, 5.41) is 13.9. The molecule has 0 aliphatic heterocycles. The van der Waals surface area contributed by atoms with E-state index in [2.05, 4.69) is 5.32 Å². The maximum Gasteiger partial charge on any atom is 0.328 e. The van der Waals surface area contributed by atoms with Crippen LogP contribution in [0.15, 0.2) is 42.5 Å². The molecule has 2 aromatic rings. The molecule has 0 aliphatic carbocycles. The van der Waals surface area contributed by atoms with Gasteiger partial charge in [-0.15, -0.1) is 0 Å². The maximum absolute atomic E-state index is 12.4. The van der Waals surface area contributed by atoms with E-state index in [0.29, 0.717) is 5.56 Å². The Kier molecular flexibility index (Phi) is 6.73. The first-order valence-electron chi connectivity index (χ1n) is 7.82. The summed E-state index contributed by atoms with van der Waals surface area (Å²) in [5.74, 6) is -1.15. The predicted molar refractivity (Wildman–Crippen MR) is 98.1 cm³/mol. The van der Waals surface area contributed by atoms with Crippen molar-refractivity contribution in [2.75, 3.05) is 14.2 Å². The summed E-state index contributed by atoms with van der Waals surface area (Å²) in [4.78, 5) is 35.1. The molecule has 2 rings (SSSR count). The molecule has 0 radical (unpaired) electrons. The molecule has 0 aromatic heterocycles. The third-order valence-corrected chi connectivity index (χ3v) is 4.12. The van der Waals surface area contributed by atoms with Gasteiger partial charge in [0, 0.05) is 12.5 Å². The molecule has 142 valence electrons. The van der Waals surface area contributed by atoms with Crippen LogP contribution in [-0.2, 0) is 16.0 Å². The molecule has 1 atom stereocenters. The maximum atomic E-state index is 12.4. The zero-order valence-corrected chi connectivity index (χ0v) is 15.4. The highest BCUT2D eigenvalue weighted by molar-refractivity contribution is 6.33. The summed E-state index contributed by atoms with van der Waals surface area (Å²) in [6, 6.07) is 9.62. The lowest BCUT2D eigenvalue weighted by atomic mass is 10.0. The number of halogens is 1. The standard InChI is InChI=1S/C18H17ClN2O6/c1-26-16-8-7-11(10-15(16)21(24)25)9-14(18(23)27-2)20-17(22)12-5-3-4-6-13(12)19/h3-8,10,14H,9H2,1-2H3,(H,20,22)/t14-/m0/s1. The number of hydrogen-bond acceptors (Lipinski definition) is 6. The summed E-state index contributed by atoms with van der Waals surface area (Å²) < 4.78 is 9.68. The number of carbonyl (C=O) groups is 2. The molecule has 0 saturated carbocycles. The van der Waals surface area contributed by atoms with Gasteiger partial charge in [-0.25, -0.2) is 4.79 Å². The van der Waals surface area contributed by atoms with Gasteiger partial charge in [0.25, 0.3) is 5.91 Å². The molecule has 0 aliphatic rings. The fraction of sp³-hybridized carbons (Fsp3) is 0.222. The van der Waals surface area contributed by atoms with Gasteiger partial charge in [0.1, 0.15) is 6.04 Å². The third kappa shape index (κ3) is 4.95. The van der Waals surface area contributed by atoms with E-state index in [1.807, 2.05) is 0 Å². The second-order valence-corrected chi connectivity index (χ2v) is 5.90. The van der Waals surface area contributed by atoms with Crippen LogP contribution in [0.1, 0.15) is 15.9 Å². The Morgan fingerprint density at radius 1 is 1.22 bits per heavy atom. The molecule has 0 fully saturated rings. The van der Waals surface area contributed by atoms with Gasteiger partial charge in [-0.2, -0.15) is 0 Å². The average Bonchev–Trinajstić information content (AvgIpc) is 2.66. The monoisotopic (exact) mass is 392 g/mol. The molecular formula is C18H17ClN2O6. The molecular weight excluding hydrogens is 376 g/mol. The Morgan fingerprint density at radius 2 is 1.93 bits per heavy atom. The van der Waals surface area contributed by atoms with Crippen LogP contribution in [0, 0.1) is 10.1 Å². The lowest BCUT2D eigenvalue weighted by Crippen LogP contribution is -2.43. The van der Waals surface area contributed by atoms with Crippen molar-refractivity contribution in [1.82, 2.24) is 5.32 Å². The first-order chi connectivity index (χ1) is 12.9. The van der Waals surface area contributed by atoms with Gasteiger partial charge >= 0.3 is 11.7 Å². The number of methoxy groups -OCH3 is 2. The van der Waals surface area contributed by atoms with E-state index < -0.39 is 22.8 Å². The van der Waals surface area contributed by atoms with E-state index in [1.165, 1.54) is 32.4 Å². The van der Waals surface area contributed by atoms with Gasteiger partial charge in [0.2, 0.25) is 0 Å². The fourth-order valence-electron chi connectivity index (χ4n) is 2.46. The number of nitro groups is 1. The first-order valence-corrected chi connectivity index (χ1v) is 8.19. The summed E-state index contributed by atoms with van der Waals surface area (Å²) in [5.41, 5.74) is 0.419. The van der Waals surface area contributed by atoms with Gasteiger partial charge in [-0.05, 0) is 23.8 Å². The van der Waals surface area contributed by atoms with Gasteiger partial charge in [-0.3, -0.25) is 14.9 Å². The molecule has 0 spiro atoms. The van der Waals surface area contributed by atoms with Crippen molar-refractivity contribution in [2.24, 2.45) is 0 Å². The number of hydrogen-bond donors (Lipinski definition) is 1. The molecule has 0 saturated heterocycles. The van der Waals surface area contributed by atoms with E-state index in [-0.39, 0.29) is 28.4 Å². The zero-order chi connectivity index (χ0) is 20.0. The summed E-state index contributed by atoms with van der Waals surface area (Å²) >= 11 is 6.00. The number of carbonyl (C=O) groups excluding carboxylic acids is 2. The number of benzene rings is 2. The van der Waals surface area contributed by atoms with Crippen LogP contribution in [-0.4, -0.2) is 37.1 Å². The van der Waals surface area contributed by atoms with Crippen molar-refractivity contribution in [3.8, 4) is 5.75 Å². The van der Waals surface area contributed by atoms with Crippen LogP contribution < -0.4 is 10.1 Å². The highest BCUT2D eigenvalue weighted by Crippen LogP contribution is 2.28. The van der Waals surface area contributed by atoms with Crippen LogP contribution in [0.3, 0.4) is 0 Å². The van der Waals surface area contributed by atoms with Crippen LogP contribution in [0.4, 0.5) is 5.69 Å². The number of nitro benzene ring substituents is 1. The molecule has 0 unspecified atom stereocenters. The van der Waals surface area contributed by atoms with E-state index >= 15 is 0 Å². The average molecular weight is 393 g/mol. The summed E-state index contributed by atoms with van der Waals surface area (Å²) in [6.45, 7) is 0. The SMILES string of the molecule is COC(=O)[C@H](Cc1ccc(OC)c([N+](=O)[O-])c1)NC(=O)c1ccccc1Cl. The van der Waals surface area contributed by atoms with Crippen LogP contribution in [0.5, 0.6) is 5.75 Å². The Morgan fingerprint density at radius 3 is 2.52 bits per heavy atom. The number of ether oxygens (including phenoxy) is 2. The van der Waals surface area contributed by atoms with E-state index in [4.69, 9.17) is 21.1 Å². The summed E-state index contributed by atoms with van der Waals surface area (Å²) in [7, 11) is 2.51. The minimum atomic E-state index is -1.05. The van der Waals surface area contributed by atoms with Crippen molar-refractivity contribution >= 4 is 29.2 Å². The smallest absolute Gasteiger partial charge is 0.328 e. The van der Waals surface area contributed by atoms with Gasteiger partial charge < -0.3 is 14.8 Å². The second-order valence-electron chi connectivity index (χ2n) is 5.50. The minimum Gasteiger partial charge on any atom is -0.490 e. The Balaban J connectivity index is 2.26. The lowest BCUT2D eigenvalue weighted by molar-refractivity contribution is -0.385. The fourth-order valence-corrected chi connectivity index (χ4v) is 2.68. The van der Waals surface area contributed by atoms with Crippen molar-refractivity contribution in [2.45, 2.75) is 12.5 Å². The molecule has 0 heterocycles. The Hall–Kier alpha value is -3.13. The number of rotatable bonds is 7. The molecule has 1 N–H and O–H groups in total. The van der Waals surface area contributed by atoms with Crippen molar-refractivity contribution < 1.29 is 24.0 Å². The minimum absolute atomic E-state index is 0.00625. The highest BCUT2D eigenvalue weighted by Gasteiger charge is 2.25. The van der Waals surface area contributed by atoms with Crippen molar-refractivity contribution in [1.29, 1.82) is 0 Å². The third-order valence-electron chi connectivity index (χ3n) is 3.79. The number of nitrogens with zero attached hydrogens (tertiary/aromatic N) is 1. The molecule has 27 heavy (non-hydrogen) atoms. The van der Waals surface area contributed by atoms with Crippen molar-refractivity contribution in [3.05, 3.63) is 68.7 Å².